The van der Waals surface area contributed by atoms with Crippen LogP contribution in [0.2, 0.25) is 0 Å². The van der Waals surface area contributed by atoms with Gasteiger partial charge in [0.25, 0.3) is 0 Å². The second-order valence-electron chi connectivity index (χ2n) is 3.58. The first-order valence-electron chi connectivity index (χ1n) is 5.12. The zero-order chi connectivity index (χ0) is 11.3. The normalized spacial score (nSPS) is 12.7. The van der Waals surface area contributed by atoms with Crippen molar-refractivity contribution in [2.45, 2.75) is 38.8 Å². The standard InChI is InChI=1S/C10H17N3O2/c1-2-3-4-13-7-12-6-8(13)5-9(11)10(14)15/h6-7,9H,2-5,11H2,1H3,(H,14,15)/t9-/m0/s1. The summed E-state index contributed by atoms with van der Waals surface area (Å²) < 4.78 is 1.96. The van der Waals surface area contributed by atoms with Gasteiger partial charge < -0.3 is 15.4 Å². The van der Waals surface area contributed by atoms with E-state index in [9.17, 15) is 4.79 Å². The molecular weight excluding hydrogens is 194 g/mol. The van der Waals surface area contributed by atoms with Gasteiger partial charge in [0.05, 0.1) is 6.33 Å². The Balaban J connectivity index is 2.60. The summed E-state index contributed by atoms with van der Waals surface area (Å²) in [6.07, 6.45) is 5.89. The molecule has 1 aromatic rings. The van der Waals surface area contributed by atoms with E-state index in [0.717, 1.165) is 25.1 Å². The van der Waals surface area contributed by atoms with Crippen LogP contribution in [0.5, 0.6) is 0 Å². The minimum absolute atomic E-state index is 0.332. The van der Waals surface area contributed by atoms with Crippen LogP contribution >= 0.6 is 0 Å². The molecule has 84 valence electrons. The van der Waals surface area contributed by atoms with Crippen LogP contribution in [0.1, 0.15) is 25.5 Å². The number of nitrogens with two attached hydrogens (primary N) is 1. The number of hydrogen-bond acceptors (Lipinski definition) is 3. The SMILES string of the molecule is CCCCn1cncc1C[C@H](N)C(=O)O. The molecule has 5 heteroatoms. The molecule has 0 aliphatic carbocycles. The Morgan fingerprint density at radius 2 is 2.47 bits per heavy atom. The van der Waals surface area contributed by atoms with Crippen LogP contribution in [0, 0.1) is 0 Å². The lowest BCUT2D eigenvalue weighted by molar-refractivity contribution is -0.138. The van der Waals surface area contributed by atoms with Gasteiger partial charge in [0.15, 0.2) is 0 Å². The van der Waals surface area contributed by atoms with Gasteiger partial charge in [-0.05, 0) is 6.42 Å². The maximum absolute atomic E-state index is 10.6. The van der Waals surface area contributed by atoms with Crippen molar-refractivity contribution in [2.24, 2.45) is 5.73 Å². The number of carboxylic acid groups (broad SMARTS) is 1. The van der Waals surface area contributed by atoms with Gasteiger partial charge >= 0.3 is 5.97 Å². The molecule has 0 amide bonds. The third-order valence-corrected chi connectivity index (χ3v) is 2.30. The molecule has 0 aromatic carbocycles. The molecular formula is C10H17N3O2. The Labute approximate surface area is 88.9 Å². The number of imidazole rings is 1. The van der Waals surface area contributed by atoms with Gasteiger partial charge in [-0.1, -0.05) is 13.3 Å². The highest BCUT2D eigenvalue weighted by Crippen LogP contribution is 2.05. The van der Waals surface area contributed by atoms with Gasteiger partial charge in [-0.2, -0.15) is 0 Å². The van der Waals surface area contributed by atoms with E-state index < -0.39 is 12.0 Å². The minimum Gasteiger partial charge on any atom is -0.480 e. The summed E-state index contributed by atoms with van der Waals surface area (Å²) >= 11 is 0. The van der Waals surface area contributed by atoms with E-state index in [1.54, 1.807) is 12.5 Å². The van der Waals surface area contributed by atoms with Crippen molar-refractivity contribution in [3.8, 4) is 0 Å². The molecule has 1 rings (SSSR count). The number of carbonyl (C=O) groups is 1. The quantitative estimate of drug-likeness (QED) is 0.723. The average molecular weight is 211 g/mol. The summed E-state index contributed by atoms with van der Waals surface area (Å²) in [5, 5.41) is 8.69. The second kappa shape index (κ2) is 5.50. The van der Waals surface area contributed by atoms with Crippen molar-refractivity contribution in [3.05, 3.63) is 18.2 Å². The molecule has 5 nitrogen and oxygen atoms in total. The number of aliphatic carboxylic acids is 1. The summed E-state index contributed by atoms with van der Waals surface area (Å²) in [4.78, 5) is 14.6. The van der Waals surface area contributed by atoms with Crippen LogP contribution in [-0.2, 0) is 17.8 Å². The maximum atomic E-state index is 10.6. The predicted octanol–water partition coefficient (Wildman–Crippen LogP) is 0.638. The third kappa shape index (κ3) is 3.36. The van der Waals surface area contributed by atoms with Crippen LogP contribution < -0.4 is 5.73 Å². The molecule has 0 spiro atoms. The highest BCUT2D eigenvalue weighted by Gasteiger charge is 2.14. The largest absolute Gasteiger partial charge is 0.480 e. The Morgan fingerprint density at radius 3 is 3.07 bits per heavy atom. The molecule has 0 aliphatic heterocycles. The van der Waals surface area contributed by atoms with Gasteiger partial charge in [0.1, 0.15) is 6.04 Å². The van der Waals surface area contributed by atoms with E-state index >= 15 is 0 Å². The van der Waals surface area contributed by atoms with Crippen LogP contribution in [-0.4, -0.2) is 26.7 Å². The third-order valence-electron chi connectivity index (χ3n) is 2.30. The molecule has 3 N–H and O–H groups in total. The number of rotatable bonds is 6. The lowest BCUT2D eigenvalue weighted by atomic mass is 10.2. The highest BCUT2D eigenvalue weighted by molar-refractivity contribution is 5.73. The highest BCUT2D eigenvalue weighted by atomic mass is 16.4. The molecule has 1 aromatic heterocycles. The minimum atomic E-state index is -0.974. The van der Waals surface area contributed by atoms with Crippen LogP contribution in [0.4, 0.5) is 0 Å². The fraction of sp³-hybridized carbons (Fsp3) is 0.600. The summed E-state index contributed by atoms with van der Waals surface area (Å²) in [7, 11) is 0. The smallest absolute Gasteiger partial charge is 0.320 e. The lowest BCUT2D eigenvalue weighted by Gasteiger charge is -2.09. The average Bonchev–Trinajstić information content (AvgIpc) is 2.62. The molecule has 1 heterocycles. The maximum Gasteiger partial charge on any atom is 0.320 e. The summed E-state index contributed by atoms with van der Waals surface area (Å²) in [5.41, 5.74) is 6.35. The number of hydrogen-bond donors (Lipinski definition) is 2. The number of carboxylic acids is 1. The monoisotopic (exact) mass is 211 g/mol. The molecule has 0 saturated carbocycles. The first kappa shape index (κ1) is 11.7. The van der Waals surface area contributed by atoms with Crippen molar-refractivity contribution in [1.29, 1.82) is 0 Å². The molecule has 0 bridgehead atoms. The second-order valence-corrected chi connectivity index (χ2v) is 3.58. The Bertz CT molecular complexity index is 322. The van der Waals surface area contributed by atoms with E-state index in [1.165, 1.54) is 0 Å². The number of aryl methyl sites for hydroxylation is 1. The number of nitrogens with zero attached hydrogens (tertiary/aromatic N) is 2. The number of aromatic nitrogens is 2. The van der Waals surface area contributed by atoms with Crippen molar-refractivity contribution in [2.75, 3.05) is 0 Å². The molecule has 1 atom stereocenters. The zero-order valence-corrected chi connectivity index (χ0v) is 8.89. The van der Waals surface area contributed by atoms with Gasteiger partial charge in [-0.3, -0.25) is 4.79 Å². The summed E-state index contributed by atoms with van der Waals surface area (Å²) in [5.74, 6) is -0.974. The van der Waals surface area contributed by atoms with Crippen LogP contribution in [0.25, 0.3) is 0 Å². The van der Waals surface area contributed by atoms with E-state index in [-0.39, 0.29) is 0 Å². The number of unbranched alkanes of at least 4 members (excludes halogenated alkanes) is 1. The molecule has 15 heavy (non-hydrogen) atoms. The first-order valence-corrected chi connectivity index (χ1v) is 5.12. The Hall–Kier alpha value is -1.36. The summed E-state index contributed by atoms with van der Waals surface area (Å²) in [6.45, 7) is 2.98. The molecule has 0 radical (unpaired) electrons. The zero-order valence-electron chi connectivity index (χ0n) is 8.89. The fourth-order valence-corrected chi connectivity index (χ4v) is 1.36. The van der Waals surface area contributed by atoms with Crippen LogP contribution in [0.3, 0.4) is 0 Å². The Kier molecular flexibility index (Phi) is 4.30. The van der Waals surface area contributed by atoms with Crippen LogP contribution in [0.15, 0.2) is 12.5 Å². The van der Waals surface area contributed by atoms with Crippen molar-refractivity contribution in [3.63, 3.8) is 0 Å². The van der Waals surface area contributed by atoms with Crippen molar-refractivity contribution in [1.82, 2.24) is 9.55 Å². The van der Waals surface area contributed by atoms with Gasteiger partial charge in [-0.25, -0.2) is 4.98 Å². The van der Waals surface area contributed by atoms with E-state index in [1.807, 2.05) is 4.57 Å². The van der Waals surface area contributed by atoms with E-state index in [2.05, 4.69) is 11.9 Å². The van der Waals surface area contributed by atoms with E-state index in [0.29, 0.717) is 6.42 Å². The molecule has 0 saturated heterocycles. The molecule has 0 unspecified atom stereocenters. The topological polar surface area (TPSA) is 81.1 Å². The van der Waals surface area contributed by atoms with Crippen molar-refractivity contribution < 1.29 is 9.90 Å². The predicted molar refractivity (Wildman–Crippen MR) is 56.5 cm³/mol. The van der Waals surface area contributed by atoms with E-state index in [4.69, 9.17) is 10.8 Å². The van der Waals surface area contributed by atoms with Gasteiger partial charge in [-0.15, -0.1) is 0 Å². The summed E-state index contributed by atoms with van der Waals surface area (Å²) in [6, 6.07) is -0.845. The Morgan fingerprint density at radius 1 is 1.73 bits per heavy atom. The van der Waals surface area contributed by atoms with Gasteiger partial charge in [0, 0.05) is 24.9 Å². The fourth-order valence-electron chi connectivity index (χ4n) is 1.36. The first-order chi connectivity index (χ1) is 7.15. The van der Waals surface area contributed by atoms with Gasteiger partial charge in [0.2, 0.25) is 0 Å². The molecule has 0 fully saturated rings. The van der Waals surface area contributed by atoms with Crippen molar-refractivity contribution >= 4 is 5.97 Å². The lowest BCUT2D eigenvalue weighted by Crippen LogP contribution is -2.33. The molecule has 0 aliphatic rings.